The van der Waals surface area contributed by atoms with E-state index in [1.54, 1.807) is 6.92 Å². The maximum Gasteiger partial charge on any atom is 0.353 e. The number of hydrogen-bond donors (Lipinski definition) is 2. The number of nitrogens with one attached hydrogen (secondary N) is 1. The van der Waals surface area contributed by atoms with Gasteiger partial charge in [-0.15, -0.1) is 0 Å². The van der Waals surface area contributed by atoms with Crippen LogP contribution in [-0.2, 0) is 14.3 Å². The van der Waals surface area contributed by atoms with E-state index in [1.807, 2.05) is 6.92 Å². The highest BCUT2D eigenvalue weighted by Gasteiger charge is 2.05. The summed E-state index contributed by atoms with van der Waals surface area (Å²) in [6.45, 7) is 4.04. The van der Waals surface area contributed by atoms with Gasteiger partial charge in [-0.1, -0.05) is 6.92 Å². The van der Waals surface area contributed by atoms with Crippen LogP contribution in [0.1, 0.15) is 20.3 Å². The van der Waals surface area contributed by atoms with Crippen molar-refractivity contribution in [2.24, 2.45) is 0 Å². The average Bonchev–Trinajstić information content (AvgIpc) is 2.14. The van der Waals surface area contributed by atoms with Crippen LogP contribution in [0.25, 0.3) is 0 Å². The Morgan fingerprint density at radius 1 is 1.57 bits per heavy atom. The van der Waals surface area contributed by atoms with Gasteiger partial charge in [0.15, 0.2) is 5.71 Å². The first-order chi connectivity index (χ1) is 6.57. The molecule has 2 N–H and O–H groups in total. The molecule has 0 fully saturated rings. The lowest BCUT2D eigenvalue weighted by Crippen LogP contribution is -2.16. The van der Waals surface area contributed by atoms with Crippen molar-refractivity contribution < 1.29 is 19.4 Å². The van der Waals surface area contributed by atoms with Crippen LogP contribution in [0.15, 0.2) is 12.0 Å². The Labute approximate surface area is 82.8 Å². The second-order valence-electron chi connectivity index (χ2n) is 2.67. The molecule has 0 unspecified atom stereocenters. The normalized spacial score (nSPS) is 10.9. The summed E-state index contributed by atoms with van der Waals surface area (Å²) >= 11 is 0. The van der Waals surface area contributed by atoms with E-state index in [0.29, 0.717) is 12.4 Å². The minimum Gasteiger partial charge on any atom is -0.495 e. The molecule has 0 aliphatic heterocycles. The van der Waals surface area contributed by atoms with Crippen molar-refractivity contribution in [1.29, 1.82) is 5.41 Å². The first kappa shape index (κ1) is 12.5. The Hall–Kier alpha value is -1.52. The third-order valence-corrected chi connectivity index (χ3v) is 1.27. The van der Waals surface area contributed by atoms with E-state index in [0.717, 1.165) is 6.42 Å². The fraction of sp³-hybridized carbons (Fsp3) is 0.556. The van der Waals surface area contributed by atoms with Gasteiger partial charge in [0.2, 0.25) is 0 Å². The van der Waals surface area contributed by atoms with E-state index in [1.165, 1.54) is 6.26 Å². The van der Waals surface area contributed by atoms with Gasteiger partial charge in [-0.2, -0.15) is 0 Å². The Balaban J connectivity index is 3.70. The smallest absolute Gasteiger partial charge is 0.353 e. The Morgan fingerprint density at radius 3 is 2.71 bits per heavy atom. The van der Waals surface area contributed by atoms with Gasteiger partial charge in [-0.3, -0.25) is 5.41 Å². The Morgan fingerprint density at radius 2 is 2.21 bits per heavy atom. The SMILES string of the molecule is CCCO/C(C)=C\OCC(=N)C(=O)O. The third-order valence-electron chi connectivity index (χ3n) is 1.27. The molecule has 0 saturated heterocycles. The van der Waals surface area contributed by atoms with Crippen LogP contribution in [0, 0.1) is 5.41 Å². The third kappa shape index (κ3) is 6.05. The number of ether oxygens (including phenoxy) is 2. The molecule has 0 spiro atoms. The topological polar surface area (TPSA) is 79.6 Å². The fourth-order valence-electron chi connectivity index (χ4n) is 0.601. The van der Waals surface area contributed by atoms with Crippen LogP contribution in [0.3, 0.4) is 0 Å². The highest BCUT2D eigenvalue weighted by Crippen LogP contribution is 1.96. The number of rotatable bonds is 7. The summed E-state index contributed by atoms with van der Waals surface area (Å²) in [6, 6.07) is 0. The van der Waals surface area contributed by atoms with Gasteiger partial charge in [0.05, 0.1) is 6.61 Å². The molecule has 0 aromatic rings. The molecule has 0 atom stereocenters. The molecule has 0 amide bonds. The summed E-state index contributed by atoms with van der Waals surface area (Å²) in [5.74, 6) is -0.699. The number of carbonyl (C=O) groups is 1. The lowest BCUT2D eigenvalue weighted by molar-refractivity contribution is -0.129. The minimum atomic E-state index is -1.27. The summed E-state index contributed by atoms with van der Waals surface area (Å²) < 4.78 is 9.97. The summed E-state index contributed by atoms with van der Waals surface area (Å²) in [5.41, 5.74) is -0.482. The number of carboxylic acids is 1. The Bertz CT molecular complexity index is 235. The van der Waals surface area contributed by atoms with Crippen LogP contribution in [0.2, 0.25) is 0 Å². The standard InChI is InChI=1S/C9H15NO4/c1-3-4-14-7(2)5-13-6-8(10)9(11)12/h5,10H,3-4,6H2,1-2H3,(H,11,12)/b7-5-,10-8?. The highest BCUT2D eigenvalue weighted by atomic mass is 16.5. The number of allylic oxidation sites excluding steroid dienone is 1. The van der Waals surface area contributed by atoms with Gasteiger partial charge >= 0.3 is 5.97 Å². The quantitative estimate of drug-likeness (QED) is 0.482. The molecule has 5 heteroatoms. The van der Waals surface area contributed by atoms with Gasteiger partial charge in [0.25, 0.3) is 0 Å². The molecule has 0 aliphatic carbocycles. The monoisotopic (exact) mass is 201 g/mol. The molecule has 0 bridgehead atoms. The van der Waals surface area contributed by atoms with Crippen LogP contribution in [0.5, 0.6) is 0 Å². The fourth-order valence-corrected chi connectivity index (χ4v) is 0.601. The van der Waals surface area contributed by atoms with Gasteiger partial charge < -0.3 is 14.6 Å². The molecule has 0 rings (SSSR count). The molecule has 0 aliphatic rings. The first-order valence-electron chi connectivity index (χ1n) is 4.29. The van der Waals surface area contributed by atoms with Crippen molar-refractivity contribution in [1.82, 2.24) is 0 Å². The molecule has 0 aromatic heterocycles. The lowest BCUT2D eigenvalue weighted by Gasteiger charge is -2.04. The van der Waals surface area contributed by atoms with E-state index >= 15 is 0 Å². The van der Waals surface area contributed by atoms with Crippen molar-refractivity contribution in [3.63, 3.8) is 0 Å². The zero-order valence-electron chi connectivity index (χ0n) is 8.37. The van der Waals surface area contributed by atoms with E-state index in [2.05, 4.69) is 0 Å². The second-order valence-corrected chi connectivity index (χ2v) is 2.67. The molecule has 0 saturated carbocycles. The molecular weight excluding hydrogens is 186 g/mol. The second kappa shape index (κ2) is 6.94. The lowest BCUT2D eigenvalue weighted by atomic mass is 10.4. The van der Waals surface area contributed by atoms with E-state index < -0.39 is 11.7 Å². The number of carboxylic acid groups (broad SMARTS) is 1. The predicted molar refractivity (Wildman–Crippen MR) is 51.3 cm³/mol. The van der Waals surface area contributed by atoms with Crippen molar-refractivity contribution >= 4 is 11.7 Å². The zero-order chi connectivity index (χ0) is 11.0. The van der Waals surface area contributed by atoms with Crippen molar-refractivity contribution in [3.8, 4) is 0 Å². The average molecular weight is 201 g/mol. The molecular formula is C9H15NO4. The zero-order valence-corrected chi connectivity index (χ0v) is 8.37. The van der Waals surface area contributed by atoms with Crippen LogP contribution in [0.4, 0.5) is 0 Å². The molecule has 80 valence electrons. The molecule has 0 heterocycles. The molecule has 0 aromatic carbocycles. The van der Waals surface area contributed by atoms with Gasteiger partial charge in [-0.05, 0) is 13.3 Å². The van der Waals surface area contributed by atoms with Gasteiger partial charge in [0.1, 0.15) is 18.6 Å². The summed E-state index contributed by atoms with van der Waals surface area (Å²) in [6.07, 6.45) is 2.21. The predicted octanol–water partition coefficient (Wildman–Crippen LogP) is 1.40. The molecule has 0 radical (unpaired) electrons. The summed E-state index contributed by atoms with van der Waals surface area (Å²) in [7, 11) is 0. The van der Waals surface area contributed by atoms with Crippen LogP contribution < -0.4 is 0 Å². The number of aliphatic carboxylic acids is 1. The minimum absolute atomic E-state index is 0.248. The Kier molecular flexibility index (Phi) is 6.19. The van der Waals surface area contributed by atoms with Crippen LogP contribution >= 0.6 is 0 Å². The van der Waals surface area contributed by atoms with Gasteiger partial charge in [-0.25, -0.2) is 4.79 Å². The van der Waals surface area contributed by atoms with E-state index in [9.17, 15) is 4.79 Å². The van der Waals surface area contributed by atoms with Crippen LogP contribution in [-0.4, -0.2) is 30.0 Å². The van der Waals surface area contributed by atoms with Crippen molar-refractivity contribution in [3.05, 3.63) is 12.0 Å². The van der Waals surface area contributed by atoms with Crippen molar-refractivity contribution in [2.75, 3.05) is 13.2 Å². The van der Waals surface area contributed by atoms with Crippen molar-refractivity contribution in [2.45, 2.75) is 20.3 Å². The first-order valence-corrected chi connectivity index (χ1v) is 4.29. The molecule has 5 nitrogen and oxygen atoms in total. The summed E-state index contributed by atoms with van der Waals surface area (Å²) in [5, 5.41) is 15.3. The van der Waals surface area contributed by atoms with E-state index in [-0.39, 0.29) is 6.61 Å². The largest absolute Gasteiger partial charge is 0.495 e. The summed E-state index contributed by atoms with van der Waals surface area (Å²) in [4.78, 5) is 10.2. The highest BCUT2D eigenvalue weighted by molar-refractivity contribution is 6.34. The number of hydrogen-bond acceptors (Lipinski definition) is 4. The maximum atomic E-state index is 10.2. The van der Waals surface area contributed by atoms with Gasteiger partial charge in [0, 0.05) is 0 Å². The van der Waals surface area contributed by atoms with E-state index in [4.69, 9.17) is 20.0 Å². The molecule has 14 heavy (non-hydrogen) atoms. The maximum absolute atomic E-state index is 10.2.